The van der Waals surface area contributed by atoms with Crippen LogP contribution in [0.1, 0.15) is 27.1 Å². The van der Waals surface area contributed by atoms with Crippen LogP contribution in [0.15, 0.2) is 5.16 Å². The predicted molar refractivity (Wildman–Crippen MR) is 48.3 cm³/mol. The number of unbranched alkanes of at least 4 members (excludes halogenated alkanes) is 2. The fourth-order valence-corrected chi connectivity index (χ4v) is 0.910. The molecule has 0 aromatic rings. The number of nitrogens with zero attached hydrogens (tertiary/aromatic N) is 2. The van der Waals surface area contributed by atoms with E-state index in [-0.39, 0.29) is 39.0 Å². The molecule has 0 aliphatic rings. The van der Waals surface area contributed by atoms with Crippen LogP contribution in [0, 0.1) is 10.1 Å². The van der Waals surface area contributed by atoms with Crippen LogP contribution < -0.4 is 18.9 Å². The Labute approximate surface area is 100.0 Å². The Morgan fingerprint density at radius 1 is 1.40 bits per heavy atom. The molecule has 0 aliphatic carbocycles. The Balaban J connectivity index is -0.000000845. The smallest absolute Gasteiger partial charge is 1.00 e. The van der Waals surface area contributed by atoms with Crippen LogP contribution in [-0.2, 0) is 4.79 Å². The van der Waals surface area contributed by atoms with Gasteiger partial charge in [0.05, 0.1) is 0 Å². The molecule has 82 valence electrons. The minimum Gasteiger partial charge on any atom is -1.00 e. The number of hydrogen-bond donors (Lipinski definition) is 2. The number of carboxylic acid groups (broad SMARTS) is 1. The summed E-state index contributed by atoms with van der Waals surface area (Å²) in [5, 5.41) is 29.2. The van der Waals surface area contributed by atoms with Crippen LogP contribution in [0.25, 0.3) is 0 Å². The number of carboxylic acids is 1. The van der Waals surface area contributed by atoms with E-state index in [0.717, 1.165) is 0 Å². The van der Waals surface area contributed by atoms with Crippen LogP contribution in [-0.4, -0.2) is 33.5 Å². The second-order valence-corrected chi connectivity index (χ2v) is 2.72. The van der Waals surface area contributed by atoms with Crippen LogP contribution in [0.4, 0.5) is 0 Å². The average Bonchev–Trinajstić information content (AvgIpc) is 2.10. The molecule has 0 aliphatic heterocycles. The first-order chi connectivity index (χ1) is 6.57. The molecule has 0 atom stereocenters. The molecule has 0 aromatic carbocycles. The van der Waals surface area contributed by atoms with Gasteiger partial charge in [0.2, 0.25) is 6.54 Å². The second-order valence-electron chi connectivity index (χ2n) is 2.72. The van der Waals surface area contributed by atoms with E-state index in [4.69, 9.17) is 10.3 Å². The molecule has 0 unspecified atom stereocenters. The molecule has 0 amide bonds. The summed E-state index contributed by atoms with van der Waals surface area (Å²) >= 11 is 0. The number of rotatable bonds is 7. The molecule has 0 bridgehead atoms. The molecule has 15 heavy (non-hydrogen) atoms. The first kappa shape index (κ1) is 16.4. The van der Waals surface area contributed by atoms with Crippen LogP contribution in [0.3, 0.4) is 0 Å². The van der Waals surface area contributed by atoms with E-state index in [0.29, 0.717) is 19.3 Å². The van der Waals surface area contributed by atoms with E-state index in [2.05, 4.69) is 5.16 Å². The summed E-state index contributed by atoms with van der Waals surface area (Å²) in [5.74, 6) is -1.26. The first-order valence-electron chi connectivity index (χ1n) is 4.14. The average molecular weight is 212 g/mol. The topological polar surface area (TPSA) is 113 Å². The normalized spacial score (nSPS) is 10.5. The van der Waals surface area contributed by atoms with E-state index in [1.807, 2.05) is 0 Å². The van der Waals surface area contributed by atoms with E-state index < -0.39 is 10.9 Å². The minimum absolute atomic E-state index is 0. The molecule has 0 saturated carbocycles. The fourth-order valence-electron chi connectivity index (χ4n) is 0.910. The van der Waals surface area contributed by atoms with Gasteiger partial charge in [0, 0.05) is 17.8 Å². The van der Waals surface area contributed by atoms with Gasteiger partial charge in [-0.15, -0.1) is 0 Å². The van der Waals surface area contributed by atoms with Crippen molar-refractivity contribution in [3.05, 3.63) is 10.1 Å². The van der Waals surface area contributed by atoms with Crippen molar-refractivity contribution >= 4 is 11.7 Å². The molecule has 8 heteroatoms. The SMILES string of the molecule is O=C(O)C(CCCCC[N+](=O)[O-])=NO.[H-].[Li+]. The van der Waals surface area contributed by atoms with Gasteiger partial charge in [-0.25, -0.2) is 4.79 Å². The number of carbonyl (C=O) groups is 1. The molecule has 0 rings (SSSR count). The largest absolute Gasteiger partial charge is 1.00 e. The molecular formula is C7H13LiN2O5. The van der Waals surface area contributed by atoms with Gasteiger partial charge in [0.25, 0.3) is 0 Å². The number of aliphatic carboxylic acids is 1. The van der Waals surface area contributed by atoms with E-state index >= 15 is 0 Å². The summed E-state index contributed by atoms with van der Waals surface area (Å²) in [7, 11) is 0. The third-order valence-corrected chi connectivity index (χ3v) is 1.62. The van der Waals surface area contributed by atoms with E-state index in [1.165, 1.54) is 0 Å². The Hall–Kier alpha value is -1.06. The number of oxime groups is 1. The van der Waals surface area contributed by atoms with Gasteiger partial charge in [-0.1, -0.05) is 5.16 Å². The minimum atomic E-state index is -1.26. The van der Waals surface area contributed by atoms with Crippen molar-refractivity contribution in [1.82, 2.24) is 0 Å². The van der Waals surface area contributed by atoms with E-state index in [9.17, 15) is 14.9 Å². The molecule has 0 radical (unpaired) electrons. The van der Waals surface area contributed by atoms with Gasteiger partial charge in [-0.2, -0.15) is 0 Å². The van der Waals surface area contributed by atoms with Crippen molar-refractivity contribution < 1.29 is 40.3 Å². The van der Waals surface area contributed by atoms with Gasteiger partial charge in [0.15, 0.2) is 5.71 Å². The molecule has 0 aromatic heterocycles. The van der Waals surface area contributed by atoms with Crippen molar-refractivity contribution in [2.24, 2.45) is 5.16 Å². The maximum atomic E-state index is 10.3. The van der Waals surface area contributed by atoms with Crippen molar-refractivity contribution in [1.29, 1.82) is 0 Å². The maximum Gasteiger partial charge on any atom is 1.00 e. The number of hydrogen-bond acceptors (Lipinski definition) is 5. The maximum absolute atomic E-state index is 10.3. The van der Waals surface area contributed by atoms with Crippen LogP contribution in [0.2, 0.25) is 0 Å². The van der Waals surface area contributed by atoms with Gasteiger partial charge in [-0.3, -0.25) is 10.1 Å². The summed E-state index contributed by atoms with van der Waals surface area (Å²) < 4.78 is 0. The number of nitro groups is 1. The monoisotopic (exact) mass is 212 g/mol. The quantitative estimate of drug-likeness (QED) is 0.125. The van der Waals surface area contributed by atoms with Crippen LogP contribution in [0.5, 0.6) is 0 Å². The standard InChI is InChI=1S/C7H12N2O5.Li.H/c10-7(11)6(8-12)4-2-1-3-5-9(13)14;;/h12H,1-5H2,(H,10,11);;/q;+1;-1. The second kappa shape index (κ2) is 9.49. The Bertz CT molecular complexity index is 249. The third-order valence-electron chi connectivity index (χ3n) is 1.62. The zero-order valence-electron chi connectivity index (χ0n) is 9.55. The summed E-state index contributed by atoms with van der Waals surface area (Å²) in [6, 6.07) is 0. The molecule has 0 spiro atoms. The Morgan fingerprint density at radius 2 is 2.00 bits per heavy atom. The first-order valence-corrected chi connectivity index (χ1v) is 4.14. The van der Waals surface area contributed by atoms with Crippen LogP contribution >= 0.6 is 0 Å². The molecule has 7 nitrogen and oxygen atoms in total. The molecular weight excluding hydrogens is 199 g/mol. The zero-order valence-corrected chi connectivity index (χ0v) is 8.55. The Kier molecular flexibility index (Phi) is 10.4. The molecule has 0 fully saturated rings. The van der Waals surface area contributed by atoms with E-state index in [1.54, 1.807) is 0 Å². The summed E-state index contributed by atoms with van der Waals surface area (Å²) in [6.07, 6.45) is 1.56. The molecule has 0 heterocycles. The summed E-state index contributed by atoms with van der Waals surface area (Å²) in [4.78, 5) is 19.8. The third kappa shape index (κ3) is 9.25. The van der Waals surface area contributed by atoms with Gasteiger partial charge < -0.3 is 11.7 Å². The summed E-state index contributed by atoms with van der Waals surface area (Å²) in [6.45, 7) is -0.112. The molecule has 2 N–H and O–H groups in total. The van der Waals surface area contributed by atoms with Crippen molar-refractivity contribution in [3.63, 3.8) is 0 Å². The van der Waals surface area contributed by atoms with Crippen molar-refractivity contribution in [2.75, 3.05) is 6.54 Å². The summed E-state index contributed by atoms with van der Waals surface area (Å²) in [5.41, 5.74) is -0.314. The zero-order chi connectivity index (χ0) is 11.0. The Morgan fingerprint density at radius 3 is 2.40 bits per heavy atom. The van der Waals surface area contributed by atoms with Gasteiger partial charge in [0.1, 0.15) is 0 Å². The molecule has 0 saturated heterocycles. The fraction of sp³-hybridized carbons (Fsp3) is 0.714. The van der Waals surface area contributed by atoms with Crippen molar-refractivity contribution in [3.8, 4) is 0 Å². The predicted octanol–water partition coefficient (Wildman–Crippen LogP) is -2.15. The van der Waals surface area contributed by atoms with Gasteiger partial charge in [-0.05, 0) is 12.8 Å². The van der Waals surface area contributed by atoms with Gasteiger partial charge >= 0.3 is 24.8 Å². The van der Waals surface area contributed by atoms with Crippen molar-refractivity contribution in [2.45, 2.75) is 25.7 Å².